The Bertz CT molecular complexity index is 358. The molecule has 0 bridgehead atoms. The molecule has 0 radical (unpaired) electrons. The molecule has 0 aliphatic rings. The number of rotatable bonds is 7. The summed E-state index contributed by atoms with van der Waals surface area (Å²) >= 11 is 0. The molecule has 0 N–H and O–H groups in total. The van der Waals surface area contributed by atoms with E-state index in [9.17, 15) is 0 Å². The van der Waals surface area contributed by atoms with Crippen LogP contribution in [0.25, 0.3) is 0 Å². The van der Waals surface area contributed by atoms with Gasteiger partial charge in [0.25, 0.3) is 0 Å². The molecular formula is C13H16O3. The fourth-order valence-corrected chi connectivity index (χ4v) is 1.20. The maximum atomic E-state index is 5.50. The zero-order valence-corrected chi connectivity index (χ0v) is 9.44. The average Bonchev–Trinajstić information content (AvgIpc) is 2.33. The fraction of sp³-hybridized carbons (Fsp3) is 0.231. The summed E-state index contributed by atoms with van der Waals surface area (Å²) in [5, 5.41) is 0. The van der Waals surface area contributed by atoms with Crippen LogP contribution in [0, 0.1) is 0 Å². The molecule has 86 valence electrons. The molecular weight excluding hydrogens is 204 g/mol. The molecule has 0 amide bonds. The Kier molecular flexibility index (Phi) is 4.99. The number of methoxy groups -OCH3 is 1. The van der Waals surface area contributed by atoms with Crippen molar-refractivity contribution in [1.29, 1.82) is 0 Å². The molecule has 0 aliphatic heterocycles. The third-order valence-corrected chi connectivity index (χ3v) is 1.86. The molecule has 0 atom stereocenters. The largest absolute Gasteiger partial charge is 0.493 e. The Morgan fingerprint density at radius 1 is 1.06 bits per heavy atom. The first kappa shape index (κ1) is 12.2. The van der Waals surface area contributed by atoms with Gasteiger partial charge in [0.2, 0.25) is 5.75 Å². The Hall–Kier alpha value is -1.90. The first-order valence-corrected chi connectivity index (χ1v) is 4.97. The quantitative estimate of drug-likeness (QED) is 0.661. The molecule has 1 aromatic rings. The molecule has 0 aromatic heterocycles. The molecule has 3 heteroatoms. The minimum Gasteiger partial charge on any atom is -0.493 e. The second-order valence-electron chi connectivity index (χ2n) is 2.99. The maximum Gasteiger partial charge on any atom is 0.203 e. The molecule has 0 fully saturated rings. The lowest BCUT2D eigenvalue weighted by atomic mass is 10.3. The van der Waals surface area contributed by atoms with Gasteiger partial charge in [0, 0.05) is 0 Å². The summed E-state index contributed by atoms with van der Waals surface area (Å²) in [6.07, 6.45) is 3.35. The van der Waals surface area contributed by atoms with Gasteiger partial charge < -0.3 is 14.2 Å². The summed E-state index contributed by atoms with van der Waals surface area (Å²) in [4.78, 5) is 0. The van der Waals surface area contributed by atoms with E-state index in [1.165, 1.54) is 0 Å². The van der Waals surface area contributed by atoms with Crippen molar-refractivity contribution in [2.45, 2.75) is 0 Å². The third-order valence-electron chi connectivity index (χ3n) is 1.86. The van der Waals surface area contributed by atoms with Crippen molar-refractivity contribution in [3.8, 4) is 17.2 Å². The molecule has 3 nitrogen and oxygen atoms in total. The fourth-order valence-electron chi connectivity index (χ4n) is 1.20. The van der Waals surface area contributed by atoms with Crippen molar-refractivity contribution in [2.24, 2.45) is 0 Å². The van der Waals surface area contributed by atoms with Crippen LogP contribution in [0.15, 0.2) is 43.5 Å². The van der Waals surface area contributed by atoms with Crippen molar-refractivity contribution in [2.75, 3.05) is 20.3 Å². The number of para-hydroxylation sites is 1. The highest BCUT2D eigenvalue weighted by atomic mass is 16.5. The van der Waals surface area contributed by atoms with Crippen LogP contribution in [0.4, 0.5) is 0 Å². The highest BCUT2D eigenvalue weighted by molar-refractivity contribution is 5.51. The van der Waals surface area contributed by atoms with Crippen molar-refractivity contribution < 1.29 is 14.2 Å². The summed E-state index contributed by atoms with van der Waals surface area (Å²) in [6.45, 7) is 8.03. The van der Waals surface area contributed by atoms with Gasteiger partial charge in [-0.1, -0.05) is 31.4 Å². The van der Waals surface area contributed by atoms with E-state index in [1.54, 1.807) is 19.3 Å². The SMILES string of the molecule is C=CCOc1cccc(OC)c1OCC=C. The van der Waals surface area contributed by atoms with Gasteiger partial charge in [-0.25, -0.2) is 0 Å². The van der Waals surface area contributed by atoms with Crippen LogP contribution in [0.2, 0.25) is 0 Å². The van der Waals surface area contributed by atoms with Gasteiger partial charge in [-0.3, -0.25) is 0 Å². The summed E-state index contributed by atoms with van der Waals surface area (Å²) < 4.78 is 16.2. The monoisotopic (exact) mass is 220 g/mol. The number of hydrogen-bond acceptors (Lipinski definition) is 3. The highest BCUT2D eigenvalue weighted by Gasteiger charge is 2.10. The van der Waals surface area contributed by atoms with E-state index in [1.807, 2.05) is 18.2 Å². The average molecular weight is 220 g/mol. The highest BCUT2D eigenvalue weighted by Crippen LogP contribution is 2.36. The van der Waals surface area contributed by atoms with Crippen LogP contribution in [0.5, 0.6) is 17.2 Å². The summed E-state index contributed by atoms with van der Waals surface area (Å²) in [5.41, 5.74) is 0. The van der Waals surface area contributed by atoms with E-state index in [-0.39, 0.29) is 0 Å². The Labute approximate surface area is 95.9 Å². The molecule has 1 aromatic carbocycles. The van der Waals surface area contributed by atoms with Gasteiger partial charge in [0.15, 0.2) is 11.5 Å². The zero-order valence-electron chi connectivity index (χ0n) is 9.44. The summed E-state index contributed by atoms with van der Waals surface area (Å²) in [7, 11) is 1.59. The van der Waals surface area contributed by atoms with Crippen LogP contribution in [-0.4, -0.2) is 20.3 Å². The first-order chi connectivity index (χ1) is 7.83. The first-order valence-electron chi connectivity index (χ1n) is 4.97. The molecule has 0 heterocycles. The Balaban J connectivity index is 2.94. The van der Waals surface area contributed by atoms with Crippen LogP contribution in [0.1, 0.15) is 0 Å². The molecule has 0 saturated heterocycles. The molecule has 1 rings (SSSR count). The predicted octanol–water partition coefficient (Wildman–Crippen LogP) is 2.82. The van der Waals surface area contributed by atoms with E-state index < -0.39 is 0 Å². The molecule has 0 unspecified atom stereocenters. The van der Waals surface area contributed by atoms with E-state index in [2.05, 4.69) is 13.2 Å². The minimum atomic E-state index is 0.408. The van der Waals surface area contributed by atoms with Crippen LogP contribution >= 0.6 is 0 Å². The second-order valence-corrected chi connectivity index (χ2v) is 2.99. The van der Waals surface area contributed by atoms with Crippen LogP contribution < -0.4 is 14.2 Å². The standard InChI is InChI=1S/C13H16O3/c1-4-9-15-12-8-6-7-11(14-3)13(12)16-10-5-2/h4-8H,1-2,9-10H2,3H3. The van der Waals surface area contributed by atoms with Crippen LogP contribution in [0.3, 0.4) is 0 Å². The van der Waals surface area contributed by atoms with E-state index in [0.717, 1.165) is 0 Å². The normalized spacial score (nSPS) is 9.31. The maximum absolute atomic E-state index is 5.50. The summed E-state index contributed by atoms with van der Waals surface area (Å²) in [6, 6.07) is 5.49. The second kappa shape index (κ2) is 6.56. The van der Waals surface area contributed by atoms with E-state index >= 15 is 0 Å². The molecule has 0 saturated carbocycles. The van der Waals surface area contributed by atoms with Gasteiger partial charge in [0.05, 0.1) is 7.11 Å². The number of hydrogen-bond donors (Lipinski definition) is 0. The van der Waals surface area contributed by atoms with E-state index in [4.69, 9.17) is 14.2 Å². The van der Waals surface area contributed by atoms with Gasteiger partial charge in [0.1, 0.15) is 13.2 Å². The topological polar surface area (TPSA) is 27.7 Å². The van der Waals surface area contributed by atoms with Crippen molar-refractivity contribution >= 4 is 0 Å². The lowest BCUT2D eigenvalue weighted by molar-refractivity contribution is 0.289. The Morgan fingerprint density at radius 3 is 2.31 bits per heavy atom. The van der Waals surface area contributed by atoms with Gasteiger partial charge >= 0.3 is 0 Å². The van der Waals surface area contributed by atoms with Crippen molar-refractivity contribution in [3.63, 3.8) is 0 Å². The van der Waals surface area contributed by atoms with Crippen LogP contribution in [-0.2, 0) is 0 Å². The van der Waals surface area contributed by atoms with Crippen molar-refractivity contribution in [3.05, 3.63) is 43.5 Å². The molecule has 0 aliphatic carbocycles. The Morgan fingerprint density at radius 2 is 1.69 bits per heavy atom. The van der Waals surface area contributed by atoms with E-state index in [0.29, 0.717) is 30.5 Å². The van der Waals surface area contributed by atoms with Gasteiger partial charge in [-0.05, 0) is 12.1 Å². The van der Waals surface area contributed by atoms with Gasteiger partial charge in [-0.15, -0.1) is 0 Å². The van der Waals surface area contributed by atoms with Gasteiger partial charge in [-0.2, -0.15) is 0 Å². The summed E-state index contributed by atoms with van der Waals surface area (Å²) in [5.74, 6) is 1.87. The number of ether oxygens (including phenoxy) is 3. The minimum absolute atomic E-state index is 0.408. The predicted molar refractivity (Wildman–Crippen MR) is 64.4 cm³/mol. The number of benzene rings is 1. The zero-order chi connectivity index (χ0) is 11.8. The molecule has 0 spiro atoms. The molecule has 16 heavy (non-hydrogen) atoms. The lowest BCUT2D eigenvalue weighted by Crippen LogP contribution is -2.01. The smallest absolute Gasteiger partial charge is 0.203 e. The van der Waals surface area contributed by atoms with Crippen molar-refractivity contribution in [1.82, 2.24) is 0 Å². The lowest BCUT2D eigenvalue weighted by Gasteiger charge is -2.13. The third kappa shape index (κ3) is 3.05.